The molecular formula is C15H25N3O2S. The number of nitrogens with one attached hydrogen (secondary N) is 2. The zero-order chi connectivity index (χ0) is 15.1. The molecule has 21 heavy (non-hydrogen) atoms. The van der Waals surface area contributed by atoms with Crippen LogP contribution in [0.2, 0.25) is 0 Å². The SMILES string of the molecule is CCCNc1cc(S(=O)(=O)NC2CCCCCC2)ccn1. The summed E-state index contributed by atoms with van der Waals surface area (Å²) in [6.45, 7) is 2.84. The van der Waals surface area contributed by atoms with Gasteiger partial charge in [0.15, 0.2) is 0 Å². The number of hydrogen-bond donors (Lipinski definition) is 2. The lowest BCUT2D eigenvalue weighted by Crippen LogP contribution is -2.34. The molecule has 1 saturated carbocycles. The largest absolute Gasteiger partial charge is 0.370 e. The molecule has 0 amide bonds. The van der Waals surface area contributed by atoms with Gasteiger partial charge in [0, 0.05) is 24.8 Å². The number of aromatic nitrogens is 1. The first kappa shape index (κ1) is 16.2. The molecule has 5 nitrogen and oxygen atoms in total. The van der Waals surface area contributed by atoms with Crippen LogP contribution >= 0.6 is 0 Å². The van der Waals surface area contributed by atoms with E-state index < -0.39 is 10.0 Å². The lowest BCUT2D eigenvalue weighted by molar-refractivity contribution is 0.510. The highest BCUT2D eigenvalue weighted by Gasteiger charge is 2.21. The second-order valence-corrected chi connectivity index (χ2v) is 7.33. The van der Waals surface area contributed by atoms with E-state index in [-0.39, 0.29) is 6.04 Å². The van der Waals surface area contributed by atoms with E-state index in [0.717, 1.165) is 38.6 Å². The Morgan fingerprint density at radius 3 is 2.62 bits per heavy atom. The molecule has 1 aromatic heterocycles. The molecule has 118 valence electrons. The van der Waals surface area contributed by atoms with Crippen LogP contribution in [0.5, 0.6) is 0 Å². The molecule has 0 spiro atoms. The Labute approximate surface area is 127 Å². The van der Waals surface area contributed by atoms with Crippen molar-refractivity contribution in [1.82, 2.24) is 9.71 Å². The zero-order valence-corrected chi connectivity index (χ0v) is 13.5. The first-order valence-corrected chi connectivity index (χ1v) is 9.32. The predicted octanol–water partition coefficient (Wildman–Crippen LogP) is 2.90. The van der Waals surface area contributed by atoms with Crippen LogP contribution in [0.1, 0.15) is 51.9 Å². The summed E-state index contributed by atoms with van der Waals surface area (Å²) >= 11 is 0. The van der Waals surface area contributed by atoms with Gasteiger partial charge in [0.05, 0.1) is 4.90 Å². The van der Waals surface area contributed by atoms with E-state index in [9.17, 15) is 8.42 Å². The maximum absolute atomic E-state index is 12.5. The summed E-state index contributed by atoms with van der Waals surface area (Å²) in [6.07, 6.45) is 9.01. The molecule has 0 saturated heterocycles. The highest BCUT2D eigenvalue weighted by molar-refractivity contribution is 7.89. The average Bonchev–Trinajstić information content (AvgIpc) is 2.73. The van der Waals surface area contributed by atoms with E-state index in [1.165, 1.54) is 12.8 Å². The van der Waals surface area contributed by atoms with Gasteiger partial charge in [-0.3, -0.25) is 0 Å². The van der Waals surface area contributed by atoms with Crippen molar-refractivity contribution in [1.29, 1.82) is 0 Å². The van der Waals surface area contributed by atoms with Crippen LogP contribution in [0.15, 0.2) is 23.2 Å². The Bertz CT molecular complexity index is 538. The van der Waals surface area contributed by atoms with Crippen molar-refractivity contribution in [3.63, 3.8) is 0 Å². The van der Waals surface area contributed by atoms with Crippen LogP contribution in [-0.4, -0.2) is 26.0 Å². The summed E-state index contributed by atoms with van der Waals surface area (Å²) in [4.78, 5) is 4.44. The minimum absolute atomic E-state index is 0.0673. The van der Waals surface area contributed by atoms with Crippen LogP contribution in [-0.2, 0) is 10.0 Å². The Morgan fingerprint density at radius 2 is 1.95 bits per heavy atom. The fraction of sp³-hybridized carbons (Fsp3) is 0.667. The molecule has 1 aliphatic rings. The van der Waals surface area contributed by atoms with Crippen molar-refractivity contribution < 1.29 is 8.42 Å². The quantitative estimate of drug-likeness (QED) is 0.792. The van der Waals surface area contributed by atoms with Crippen LogP contribution in [0.3, 0.4) is 0 Å². The first-order valence-electron chi connectivity index (χ1n) is 7.84. The second-order valence-electron chi connectivity index (χ2n) is 5.61. The number of nitrogens with zero attached hydrogens (tertiary/aromatic N) is 1. The van der Waals surface area contributed by atoms with Crippen LogP contribution < -0.4 is 10.0 Å². The van der Waals surface area contributed by atoms with Gasteiger partial charge in [-0.15, -0.1) is 0 Å². The Hall–Kier alpha value is -1.14. The number of anilines is 1. The van der Waals surface area contributed by atoms with Gasteiger partial charge >= 0.3 is 0 Å². The van der Waals surface area contributed by atoms with Gasteiger partial charge in [-0.05, 0) is 25.3 Å². The van der Waals surface area contributed by atoms with Gasteiger partial charge in [-0.1, -0.05) is 32.6 Å². The molecule has 2 N–H and O–H groups in total. The zero-order valence-electron chi connectivity index (χ0n) is 12.6. The van der Waals surface area contributed by atoms with E-state index in [4.69, 9.17) is 0 Å². The fourth-order valence-electron chi connectivity index (χ4n) is 2.61. The number of sulfonamides is 1. The number of rotatable bonds is 6. The highest BCUT2D eigenvalue weighted by atomic mass is 32.2. The molecule has 0 atom stereocenters. The van der Waals surface area contributed by atoms with E-state index in [2.05, 4.69) is 21.9 Å². The second kappa shape index (κ2) is 7.75. The molecule has 1 aliphatic carbocycles. The van der Waals surface area contributed by atoms with Crippen molar-refractivity contribution in [2.24, 2.45) is 0 Å². The first-order chi connectivity index (χ1) is 10.1. The molecule has 1 aromatic rings. The van der Waals surface area contributed by atoms with Crippen LogP contribution in [0.4, 0.5) is 5.82 Å². The van der Waals surface area contributed by atoms with Crippen LogP contribution in [0, 0.1) is 0 Å². The smallest absolute Gasteiger partial charge is 0.241 e. The van der Waals surface area contributed by atoms with E-state index in [0.29, 0.717) is 10.7 Å². The molecule has 2 rings (SSSR count). The molecule has 0 radical (unpaired) electrons. The topological polar surface area (TPSA) is 71.1 Å². The van der Waals surface area contributed by atoms with Gasteiger partial charge in [-0.2, -0.15) is 0 Å². The monoisotopic (exact) mass is 311 g/mol. The maximum atomic E-state index is 12.5. The summed E-state index contributed by atoms with van der Waals surface area (Å²) in [6, 6.07) is 3.22. The minimum Gasteiger partial charge on any atom is -0.370 e. The number of pyridine rings is 1. The van der Waals surface area contributed by atoms with Crippen molar-refractivity contribution >= 4 is 15.8 Å². The summed E-state index contributed by atoms with van der Waals surface area (Å²) in [5.74, 6) is 0.612. The average molecular weight is 311 g/mol. The van der Waals surface area contributed by atoms with Crippen molar-refractivity contribution in [2.45, 2.75) is 62.8 Å². The van der Waals surface area contributed by atoms with Crippen LogP contribution in [0.25, 0.3) is 0 Å². The molecule has 0 unspecified atom stereocenters. The summed E-state index contributed by atoms with van der Waals surface area (Å²) in [5.41, 5.74) is 0. The maximum Gasteiger partial charge on any atom is 0.241 e. The molecule has 1 heterocycles. The van der Waals surface area contributed by atoms with Crippen molar-refractivity contribution in [2.75, 3.05) is 11.9 Å². The minimum atomic E-state index is -3.45. The van der Waals surface area contributed by atoms with Gasteiger partial charge < -0.3 is 5.32 Å². The van der Waals surface area contributed by atoms with Crippen molar-refractivity contribution in [3.8, 4) is 0 Å². The molecule has 0 aromatic carbocycles. The molecule has 6 heteroatoms. The molecular weight excluding hydrogens is 286 g/mol. The van der Waals surface area contributed by atoms with Gasteiger partial charge in [0.25, 0.3) is 0 Å². The summed E-state index contributed by atoms with van der Waals surface area (Å²) in [5, 5.41) is 3.12. The Kier molecular flexibility index (Phi) is 5.99. The summed E-state index contributed by atoms with van der Waals surface area (Å²) < 4.78 is 27.8. The summed E-state index contributed by atoms with van der Waals surface area (Å²) in [7, 11) is -3.45. The molecule has 0 bridgehead atoms. The third-order valence-electron chi connectivity index (χ3n) is 3.77. The normalized spacial score (nSPS) is 17.4. The Balaban J connectivity index is 2.07. The van der Waals surface area contributed by atoms with E-state index >= 15 is 0 Å². The lowest BCUT2D eigenvalue weighted by atomic mass is 10.1. The van der Waals surface area contributed by atoms with E-state index in [1.807, 2.05) is 0 Å². The molecule has 1 fully saturated rings. The third-order valence-corrected chi connectivity index (χ3v) is 5.29. The third kappa shape index (κ3) is 4.97. The van der Waals surface area contributed by atoms with Gasteiger partial charge in [-0.25, -0.2) is 18.1 Å². The molecule has 0 aliphatic heterocycles. The standard InChI is InChI=1S/C15H25N3O2S/c1-2-10-16-15-12-14(9-11-17-15)21(19,20)18-13-7-5-3-4-6-8-13/h9,11-13,18H,2-8,10H2,1H3,(H,16,17). The van der Waals surface area contributed by atoms with E-state index in [1.54, 1.807) is 18.3 Å². The fourth-order valence-corrected chi connectivity index (χ4v) is 3.93. The number of hydrogen-bond acceptors (Lipinski definition) is 4. The van der Waals surface area contributed by atoms with Gasteiger partial charge in [0.1, 0.15) is 5.82 Å². The highest BCUT2D eigenvalue weighted by Crippen LogP contribution is 2.20. The lowest BCUT2D eigenvalue weighted by Gasteiger charge is -2.16. The van der Waals surface area contributed by atoms with Crippen molar-refractivity contribution in [3.05, 3.63) is 18.3 Å². The Morgan fingerprint density at radius 1 is 1.24 bits per heavy atom. The predicted molar refractivity (Wildman–Crippen MR) is 84.8 cm³/mol. The van der Waals surface area contributed by atoms with Gasteiger partial charge in [0.2, 0.25) is 10.0 Å².